The molecule has 2 rings (SSSR count). The number of aryl methyl sites for hydroxylation is 2. The van der Waals surface area contributed by atoms with Crippen LogP contribution in [-0.4, -0.2) is 0 Å². The second-order valence-corrected chi connectivity index (χ2v) is 5.70. The van der Waals surface area contributed by atoms with E-state index >= 15 is 0 Å². The summed E-state index contributed by atoms with van der Waals surface area (Å²) in [6, 6.07) is 12.2. The van der Waals surface area contributed by atoms with E-state index in [1.165, 1.54) is 16.7 Å². The van der Waals surface area contributed by atoms with Gasteiger partial charge in [-0.15, -0.1) is 0 Å². The van der Waals surface area contributed by atoms with Gasteiger partial charge in [-0.2, -0.15) is 0 Å². The summed E-state index contributed by atoms with van der Waals surface area (Å²) >= 11 is 9.51. The van der Waals surface area contributed by atoms with Gasteiger partial charge in [-0.25, -0.2) is 0 Å². The van der Waals surface area contributed by atoms with Crippen molar-refractivity contribution in [3.05, 3.63) is 62.6 Å². The maximum atomic E-state index is 5.99. The molecular weight excluding hydrogens is 310 g/mol. The maximum absolute atomic E-state index is 5.99. The van der Waals surface area contributed by atoms with E-state index < -0.39 is 0 Å². The smallest absolute Gasteiger partial charge is 0.0502 e. The lowest BCUT2D eigenvalue weighted by atomic mass is 10.1. The molecule has 0 aliphatic heterocycles. The average Bonchev–Trinajstić information content (AvgIpc) is 2.34. The van der Waals surface area contributed by atoms with E-state index in [4.69, 9.17) is 11.6 Å². The Bertz CT molecular complexity index is 515. The highest BCUT2D eigenvalue weighted by Gasteiger charge is 2.02. The van der Waals surface area contributed by atoms with E-state index in [2.05, 4.69) is 53.3 Å². The van der Waals surface area contributed by atoms with Crippen LogP contribution in [-0.2, 0) is 6.54 Å². The molecule has 1 N–H and O–H groups in total. The van der Waals surface area contributed by atoms with E-state index in [0.29, 0.717) is 0 Å². The summed E-state index contributed by atoms with van der Waals surface area (Å²) in [5, 5.41) is 4.14. The Morgan fingerprint density at radius 1 is 1.11 bits per heavy atom. The van der Waals surface area contributed by atoms with Crippen LogP contribution in [0.4, 0.5) is 5.69 Å². The number of rotatable bonds is 3. The van der Waals surface area contributed by atoms with E-state index in [9.17, 15) is 0 Å². The summed E-state index contributed by atoms with van der Waals surface area (Å²) in [7, 11) is 0. The van der Waals surface area contributed by atoms with Gasteiger partial charge in [-0.3, -0.25) is 0 Å². The molecule has 0 atom stereocenters. The van der Waals surface area contributed by atoms with Gasteiger partial charge in [0.2, 0.25) is 0 Å². The first kappa shape index (κ1) is 13.4. The van der Waals surface area contributed by atoms with Crippen molar-refractivity contribution in [3.8, 4) is 0 Å². The fourth-order valence-electron chi connectivity index (χ4n) is 1.81. The molecule has 1 nitrogen and oxygen atoms in total. The van der Waals surface area contributed by atoms with Crippen LogP contribution in [0.1, 0.15) is 16.7 Å². The molecule has 0 radical (unpaired) electrons. The highest BCUT2D eigenvalue weighted by molar-refractivity contribution is 9.10. The third kappa shape index (κ3) is 3.27. The standard InChI is InChI=1S/C15H15BrClN/c1-10-3-4-11(2)12(7-10)9-18-15-8-13(17)5-6-14(15)16/h3-8,18H,9H2,1-2H3. The van der Waals surface area contributed by atoms with Crippen LogP contribution < -0.4 is 5.32 Å². The lowest BCUT2D eigenvalue weighted by Gasteiger charge is -2.11. The van der Waals surface area contributed by atoms with Gasteiger partial charge in [0, 0.05) is 16.0 Å². The zero-order valence-corrected chi connectivity index (χ0v) is 12.8. The molecule has 0 unspecified atom stereocenters. The number of nitrogens with one attached hydrogen (secondary N) is 1. The molecule has 94 valence electrons. The van der Waals surface area contributed by atoms with Crippen molar-refractivity contribution in [2.24, 2.45) is 0 Å². The van der Waals surface area contributed by atoms with Gasteiger partial charge in [0.25, 0.3) is 0 Å². The topological polar surface area (TPSA) is 12.0 Å². The largest absolute Gasteiger partial charge is 0.380 e. The molecule has 18 heavy (non-hydrogen) atoms. The predicted molar refractivity (Wildman–Crippen MR) is 82.4 cm³/mol. The molecule has 0 fully saturated rings. The molecular formula is C15H15BrClN. The Labute approximate surface area is 121 Å². The van der Waals surface area contributed by atoms with Crippen LogP contribution in [0.5, 0.6) is 0 Å². The van der Waals surface area contributed by atoms with E-state index in [0.717, 1.165) is 21.7 Å². The summed E-state index contributed by atoms with van der Waals surface area (Å²) in [6.45, 7) is 5.04. The number of hydrogen-bond donors (Lipinski definition) is 1. The highest BCUT2D eigenvalue weighted by atomic mass is 79.9. The van der Waals surface area contributed by atoms with Crippen LogP contribution >= 0.6 is 27.5 Å². The molecule has 2 aromatic rings. The van der Waals surface area contributed by atoms with Crippen molar-refractivity contribution in [1.82, 2.24) is 0 Å². The van der Waals surface area contributed by atoms with Crippen molar-refractivity contribution in [3.63, 3.8) is 0 Å². The zero-order valence-electron chi connectivity index (χ0n) is 10.4. The Morgan fingerprint density at radius 3 is 2.67 bits per heavy atom. The summed E-state index contributed by atoms with van der Waals surface area (Å²) in [6.07, 6.45) is 0. The molecule has 0 bridgehead atoms. The van der Waals surface area contributed by atoms with Crippen LogP contribution in [0, 0.1) is 13.8 Å². The molecule has 3 heteroatoms. The average molecular weight is 325 g/mol. The fourth-order valence-corrected chi connectivity index (χ4v) is 2.37. The summed E-state index contributed by atoms with van der Waals surface area (Å²) in [5.74, 6) is 0. The van der Waals surface area contributed by atoms with Crippen molar-refractivity contribution in [2.75, 3.05) is 5.32 Å². The predicted octanol–water partition coefficient (Wildman–Crippen LogP) is 5.33. The van der Waals surface area contributed by atoms with Gasteiger partial charge in [-0.1, -0.05) is 35.4 Å². The lowest BCUT2D eigenvalue weighted by Crippen LogP contribution is -2.02. The first-order valence-electron chi connectivity index (χ1n) is 5.81. The summed E-state index contributed by atoms with van der Waals surface area (Å²) in [5.41, 5.74) is 4.90. The third-order valence-electron chi connectivity index (χ3n) is 2.90. The van der Waals surface area contributed by atoms with Crippen molar-refractivity contribution < 1.29 is 0 Å². The van der Waals surface area contributed by atoms with Gasteiger partial charge < -0.3 is 5.32 Å². The van der Waals surface area contributed by atoms with Crippen LogP contribution in [0.3, 0.4) is 0 Å². The van der Waals surface area contributed by atoms with E-state index in [-0.39, 0.29) is 0 Å². The Morgan fingerprint density at radius 2 is 1.89 bits per heavy atom. The van der Waals surface area contributed by atoms with Gasteiger partial charge in [-0.05, 0) is 59.1 Å². The molecule has 0 heterocycles. The van der Waals surface area contributed by atoms with Gasteiger partial charge in [0.1, 0.15) is 0 Å². The fraction of sp³-hybridized carbons (Fsp3) is 0.200. The maximum Gasteiger partial charge on any atom is 0.0502 e. The third-order valence-corrected chi connectivity index (χ3v) is 3.83. The first-order valence-corrected chi connectivity index (χ1v) is 6.98. The molecule has 0 aliphatic rings. The first-order chi connectivity index (χ1) is 8.56. The van der Waals surface area contributed by atoms with Gasteiger partial charge in [0.15, 0.2) is 0 Å². The number of anilines is 1. The molecule has 2 aromatic carbocycles. The Balaban J connectivity index is 2.16. The second kappa shape index (κ2) is 5.77. The van der Waals surface area contributed by atoms with E-state index in [1.807, 2.05) is 18.2 Å². The van der Waals surface area contributed by atoms with Gasteiger partial charge >= 0.3 is 0 Å². The number of hydrogen-bond acceptors (Lipinski definition) is 1. The van der Waals surface area contributed by atoms with Crippen LogP contribution in [0.2, 0.25) is 5.02 Å². The summed E-state index contributed by atoms with van der Waals surface area (Å²) in [4.78, 5) is 0. The van der Waals surface area contributed by atoms with E-state index in [1.54, 1.807) is 0 Å². The van der Waals surface area contributed by atoms with Gasteiger partial charge in [0.05, 0.1) is 5.69 Å². The Hall–Kier alpha value is -0.990. The molecule has 0 saturated heterocycles. The van der Waals surface area contributed by atoms with Crippen molar-refractivity contribution in [1.29, 1.82) is 0 Å². The lowest BCUT2D eigenvalue weighted by molar-refractivity contribution is 1.11. The van der Waals surface area contributed by atoms with Crippen LogP contribution in [0.15, 0.2) is 40.9 Å². The summed E-state index contributed by atoms with van der Waals surface area (Å²) < 4.78 is 1.03. The minimum atomic E-state index is 0.738. The van der Waals surface area contributed by atoms with Crippen LogP contribution in [0.25, 0.3) is 0 Å². The second-order valence-electron chi connectivity index (χ2n) is 4.41. The molecule has 0 saturated carbocycles. The molecule has 0 aromatic heterocycles. The quantitative estimate of drug-likeness (QED) is 0.804. The zero-order chi connectivity index (χ0) is 13.1. The Kier molecular flexibility index (Phi) is 4.31. The monoisotopic (exact) mass is 323 g/mol. The number of benzene rings is 2. The molecule has 0 aliphatic carbocycles. The highest BCUT2D eigenvalue weighted by Crippen LogP contribution is 2.26. The molecule has 0 spiro atoms. The van der Waals surface area contributed by atoms with Crippen molar-refractivity contribution in [2.45, 2.75) is 20.4 Å². The normalized spacial score (nSPS) is 10.4. The minimum Gasteiger partial charge on any atom is -0.380 e. The van der Waals surface area contributed by atoms with Crippen molar-refractivity contribution >= 4 is 33.2 Å². The molecule has 0 amide bonds. The number of halogens is 2. The SMILES string of the molecule is Cc1ccc(C)c(CNc2cc(Cl)ccc2Br)c1. The minimum absolute atomic E-state index is 0.738.